The van der Waals surface area contributed by atoms with Gasteiger partial charge in [-0.1, -0.05) is 17.7 Å². The quantitative estimate of drug-likeness (QED) is 0.592. The van der Waals surface area contributed by atoms with E-state index in [1.807, 2.05) is 25.1 Å². The fraction of sp³-hybridized carbons (Fsp3) is 0.429. The summed E-state index contributed by atoms with van der Waals surface area (Å²) in [4.78, 5) is 23.2. The number of carbonyl (C=O) groups is 2. The fourth-order valence-electron chi connectivity index (χ4n) is 1.56. The first-order valence-corrected chi connectivity index (χ1v) is 6.84. The lowest BCUT2D eigenvalue weighted by molar-refractivity contribution is -0.120. The van der Waals surface area contributed by atoms with Crippen LogP contribution in [0.2, 0.25) is 0 Å². The van der Waals surface area contributed by atoms with Crippen LogP contribution in [0.5, 0.6) is 0 Å². The normalized spacial score (nSPS) is 10.0. The summed E-state index contributed by atoms with van der Waals surface area (Å²) in [5, 5.41) is 5.45. The minimum Gasteiger partial charge on any atom is -0.356 e. The van der Waals surface area contributed by atoms with E-state index >= 15 is 0 Å². The molecule has 0 heterocycles. The van der Waals surface area contributed by atoms with Crippen LogP contribution in [-0.2, 0) is 4.79 Å². The molecule has 0 atom stereocenters. The highest BCUT2D eigenvalue weighted by Gasteiger charge is 2.06. The summed E-state index contributed by atoms with van der Waals surface area (Å²) in [5.74, 6) is 0.302. The summed E-state index contributed by atoms with van der Waals surface area (Å²) >= 11 is 5.50. The summed E-state index contributed by atoms with van der Waals surface area (Å²) in [6, 6.07) is 7.34. The number of aryl methyl sites for hydroxylation is 1. The molecule has 1 aromatic carbocycles. The Labute approximate surface area is 118 Å². The smallest absolute Gasteiger partial charge is 0.251 e. The van der Waals surface area contributed by atoms with Crippen molar-refractivity contribution in [3.63, 3.8) is 0 Å². The molecule has 0 spiro atoms. The van der Waals surface area contributed by atoms with Crippen molar-refractivity contribution >= 4 is 23.4 Å². The Balaban J connectivity index is 2.25. The number of halogens is 1. The molecule has 0 saturated carbocycles. The summed E-state index contributed by atoms with van der Waals surface area (Å²) in [7, 11) is 0. The first kappa shape index (κ1) is 15.5. The Morgan fingerprint density at radius 3 is 2.68 bits per heavy atom. The van der Waals surface area contributed by atoms with E-state index in [4.69, 9.17) is 11.6 Å². The second-order valence-corrected chi connectivity index (χ2v) is 4.65. The number of rotatable bonds is 7. The van der Waals surface area contributed by atoms with Gasteiger partial charge in [-0.2, -0.15) is 0 Å². The van der Waals surface area contributed by atoms with Crippen molar-refractivity contribution in [3.05, 3.63) is 35.4 Å². The third kappa shape index (κ3) is 6.25. The molecule has 0 aliphatic rings. The van der Waals surface area contributed by atoms with E-state index < -0.39 is 0 Å². The van der Waals surface area contributed by atoms with E-state index in [2.05, 4.69) is 10.6 Å². The molecule has 104 valence electrons. The van der Waals surface area contributed by atoms with Gasteiger partial charge in [0.2, 0.25) is 5.91 Å². The van der Waals surface area contributed by atoms with Crippen LogP contribution in [0.3, 0.4) is 0 Å². The lowest BCUT2D eigenvalue weighted by Gasteiger charge is -2.06. The van der Waals surface area contributed by atoms with Crippen LogP contribution in [0.25, 0.3) is 0 Å². The molecule has 1 aromatic rings. The number of benzene rings is 1. The van der Waals surface area contributed by atoms with Crippen LogP contribution in [0.15, 0.2) is 24.3 Å². The largest absolute Gasteiger partial charge is 0.356 e. The van der Waals surface area contributed by atoms with Gasteiger partial charge in [0.25, 0.3) is 5.91 Å². The molecule has 1 rings (SSSR count). The lowest BCUT2D eigenvalue weighted by Crippen LogP contribution is -2.31. The van der Waals surface area contributed by atoms with E-state index in [0.717, 1.165) is 12.0 Å². The molecule has 0 bridgehead atoms. The van der Waals surface area contributed by atoms with Crippen LogP contribution in [-0.4, -0.2) is 30.8 Å². The highest BCUT2D eigenvalue weighted by molar-refractivity contribution is 6.17. The number of nitrogens with one attached hydrogen (secondary N) is 2. The number of hydrogen-bond donors (Lipinski definition) is 2. The topological polar surface area (TPSA) is 58.2 Å². The van der Waals surface area contributed by atoms with Crippen molar-refractivity contribution in [3.8, 4) is 0 Å². The maximum absolute atomic E-state index is 11.8. The Hall–Kier alpha value is -1.55. The molecule has 2 amide bonds. The molecular formula is C14H19ClN2O2. The SMILES string of the molecule is Cc1cccc(C(=O)NCCC(=O)NCCCCl)c1. The van der Waals surface area contributed by atoms with Gasteiger partial charge in [0.15, 0.2) is 0 Å². The van der Waals surface area contributed by atoms with E-state index in [0.29, 0.717) is 24.5 Å². The molecule has 0 unspecified atom stereocenters. The molecule has 19 heavy (non-hydrogen) atoms. The number of carbonyl (C=O) groups excluding carboxylic acids is 2. The highest BCUT2D eigenvalue weighted by Crippen LogP contribution is 2.03. The van der Waals surface area contributed by atoms with E-state index in [1.165, 1.54) is 0 Å². The second-order valence-electron chi connectivity index (χ2n) is 4.27. The molecule has 0 radical (unpaired) electrons. The zero-order chi connectivity index (χ0) is 14.1. The predicted octanol–water partition coefficient (Wildman–Crippen LogP) is 1.86. The molecular weight excluding hydrogens is 264 g/mol. The Morgan fingerprint density at radius 2 is 2.00 bits per heavy atom. The molecule has 2 N–H and O–H groups in total. The molecule has 0 aliphatic carbocycles. The number of alkyl halides is 1. The first-order valence-electron chi connectivity index (χ1n) is 6.31. The Morgan fingerprint density at radius 1 is 1.21 bits per heavy atom. The van der Waals surface area contributed by atoms with Gasteiger partial charge in [0.1, 0.15) is 0 Å². The third-order valence-corrected chi connectivity index (χ3v) is 2.82. The fourth-order valence-corrected chi connectivity index (χ4v) is 1.69. The summed E-state index contributed by atoms with van der Waals surface area (Å²) in [6.07, 6.45) is 1.03. The first-order chi connectivity index (χ1) is 9.13. The standard InChI is InChI=1S/C14H19ClN2O2/c1-11-4-2-5-12(10-11)14(19)17-9-6-13(18)16-8-3-7-15/h2,4-5,10H,3,6-9H2,1H3,(H,16,18)(H,17,19). The monoisotopic (exact) mass is 282 g/mol. The summed E-state index contributed by atoms with van der Waals surface area (Å²) in [5.41, 5.74) is 1.65. The average molecular weight is 283 g/mol. The van der Waals surface area contributed by atoms with Crippen LogP contribution in [0.1, 0.15) is 28.8 Å². The molecule has 0 aromatic heterocycles. The zero-order valence-corrected chi connectivity index (χ0v) is 11.8. The molecule has 0 fully saturated rings. The third-order valence-electron chi connectivity index (χ3n) is 2.55. The van der Waals surface area contributed by atoms with Gasteiger partial charge in [-0.05, 0) is 25.5 Å². The Kier molecular flexibility index (Phi) is 6.97. The van der Waals surface area contributed by atoms with E-state index in [9.17, 15) is 9.59 Å². The minimum absolute atomic E-state index is 0.0744. The van der Waals surface area contributed by atoms with Crippen LogP contribution >= 0.6 is 11.6 Å². The average Bonchev–Trinajstić information content (AvgIpc) is 2.39. The summed E-state index contributed by atoms with van der Waals surface area (Å²) < 4.78 is 0. The highest BCUT2D eigenvalue weighted by atomic mass is 35.5. The van der Waals surface area contributed by atoms with Gasteiger partial charge in [0.05, 0.1) is 0 Å². The molecule has 5 heteroatoms. The van der Waals surface area contributed by atoms with E-state index in [-0.39, 0.29) is 18.2 Å². The zero-order valence-electron chi connectivity index (χ0n) is 11.0. The number of amides is 2. The summed E-state index contributed by atoms with van der Waals surface area (Å²) in [6.45, 7) is 2.84. The van der Waals surface area contributed by atoms with Gasteiger partial charge < -0.3 is 10.6 Å². The minimum atomic E-state index is -0.155. The predicted molar refractivity (Wildman–Crippen MR) is 76.5 cm³/mol. The van der Waals surface area contributed by atoms with Gasteiger partial charge in [0, 0.05) is 31.0 Å². The van der Waals surface area contributed by atoms with Crippen LogP contribution < -0.4 is 10.6 Å². The Bertz CT molecular complexity index is 435. The van der Waals surface area contributed by atoms with Gasteiger partial charge in [-0.3, -0.25) is 9.59 Å². The van der Waals surface area contributed by atoms with Gasteiger partial charge in [-0.15, -0.1) is 11.6 Å². The van der Waals surface area contributed by atoms with Crippen molar-refractivity contribution in [2.75, 3.05) is 19.0 Å². The molecule has 0 saturated heterocycles. The molecule has 0 aliphatic heterocycles. The van der Waals surface area contributed by atoms with Crippen LogP contribution in [0, 0.1) is 6.92 Å². The molecule has 4 nitrogen and oxygen atoms in total. The van der Waals surface area contributed by atoms with E-state index in [1.54, 1.807) is 6.07 Å². The maximum Gasteiger partial charge on any atom is 0.251 e. The van der Waals surface area contributed by atoms with Crippen molar-refractivity contribution in [2.24, 2.45) is 0 Å². The second kappa shape index (κ2) is 8.53. The van der Waals surface area contributed by atoms with Crippen LogP contribution in [0.4, 0.5) is 0 Å². The van der Waals surface area contributed by atoms with Crippen molar-refractivity contribution < 1.29 is 9.59 Å². The van der Waals surface area contributed by atoms with Gasteiger partial charge in [-0.25, -0.2) is 0 Å². The van der Waals surface area contributed by atoms with Crippen molar-refractivity contribution in [1.29, 1.82) is 0 Å². The number of hydrogen-bond acceptors (Lipinski definition) is 2. The lowest BCUT2D eigenvalue weighted by atomic mass is 10.1. The van der Waals surface area contributed by atoms with Gasteiger partial charge >= 0.3 is 0 Å². The van der Waals surface area contributed by atoms with Crippen molar-refractivity contribution in [2.45, 2.75) is 19.8 Å². The maximum atomic E-state index is 11.8. The van der Waals surface area contributed by atoms with Crippen molar-refractivity contribution in [1.82, 2.24) is 10.6 Å².